The van der Waals surface area contributed by atoms with E-state index >= 15 is 0 Å². The molecule has 1 amide bonds. The van der Waals surface area contributed by atoms with Crippen molar-refractivity contribution in [2.45, 2.75) is 11.9 Å². The topological polar surface area (TPSA) is 99.6 Å². The molecule has 1 N–H and O–H groups in total. The molecule has 10 heteroatoms. The summed E-state index contributed by atoms with van der Waals surface area (Å²) in [5.74, 6) is -0.170. The van der Waals surface area contributed by atoms with Gasteiger partial charge in [-0.2, -0.15) is 5.10 Å². The average Bonchev–Trinajstić information content (AvgIpc) is 3.20. The number of fused-ring (bicyclic) bond motifs is 1. The summed E-state index contributed by atoms with van der Waals surface area (Å²) in [6, 6.07) is 9.30. The summed E-state index contributed by atoms with van der Waals surface area (Å²) >= 11 is 1.28. The van der Waals surface area contributed by atoms with Gasteiger partial charge in [-0.1, -0.05) is 30.0 Å². The summed E-state index contributed by atoms with van der Waals surface area (Å²) in [4.78, 5) is 33.9. The molecule has 0 fully saturated rings. The molecule has 148 valence electrons. The van der Waals surface area contributed by atoms with Crippen LogP contribution in [0.25, 0.3) is 16.7 Å². The van der Waals surface area contributed by atoms with Crippen molar-refractivity contribution in [1.82, 2.24) is 29.1 Å². The second-order valence-corrected chi connectivity index (χ2v) is 7.42. The van der Waals surface area contributed by atoms with Gasteiger partial charge < -0.3 is 5.32 Å². The lowest BCUT2D eigenvalue weighted by Crippen LogP contribution is -2.23. The van der Waals surface area contributed by atoms with E-state index in [1.54, 1.807) is 36.6 Å². The van der Waals surface area contributed by atoms with Crippen molar-refractivity contribution in [2.75, 3.05) is 11.1 Å². The Balaban J connectivity index is 1.54. The lowest BCUT2D eigenvalue weighted by molar-refractivity contribution is -0.113. The van der Waals surface area contributed by atoms with Crippen molar-refractivity contribution in [3.8, 4) is 5.69 Å². The Kier molecular flexibility index (Phi) is 4.93. The molecule has 0 aliphatic carbocycles. The number of anilines is 1. The highest BCUT2D eigenvalue weighted by molar-refractivity contribution is 8.00. The number of aryl methyl sites for hydroxylation is 1. The van der Waals surface area contributed by atoms with E-state index in [0.717, 1.165) is 11.1 Å². The minimum atomic E-state index is -0.281. The molecule has 4 aromatic rings. The van der Waals surface area contributed by atoms with E-state index in [4.69, 9.17) is 0 Å². The van der Waals surface area contributed by atoms with Gasteiger partial charge in [0.1, 0.15) is 17.0 Å². The quantitative estimate of drug-likeness (QED) is 0.399. The molecule has 0 unspecified atom stereocenters. The Morgan fingerprint density at radius 2 is 1.93 bits per heavy atom. The largest absolute Gasteiger partial charge is 0.319 e. The van der Waals surface area contributed by atoms with Crippen molar-refractivity contribution >= 4 is 34.4 Å². The highest BCUT2D eigenvalue weighted by atomic mass is 32.2. The van der Waals surface area contributed by atoms with Crippen molar-refractivity contribution in [3.63, 3.8) is 0 Å². The molecular weight excluding hydrogens is 390 g/mol. The zero-order valence-electron chi connectivity index (χ0n) is 16.2. The maximum Gasteiger partial charge on any atom is 0.295 e. The van der Waals surface area contributed by atoms with E-state index in [2.05, 4.69) is 20.4 Å². The summed E-state index contributed by atoms with van der Waals surface area (Å²) in [7, 11) is 3.58. The normalized spacial score (nSPS) is 11.1. The second-order valence-electron chi connectivity index (χ2n) is 6.46. The maximum absolute atomic E-state index is 12.9. The van der Waals surface area contributed by atoms with Crippen LogP contribution in [0.3, 0.4) is 0 Å². The predicted octanol–water partition coefficient (Wildman–Crippen LogP) is 1.89. The lowest BCUT2D eigenvalue weighted by atomic mass is 10.3. The third kappa shape index (κ3) is 3.42. The van der Waals surface area contributed by atoms with E-state index in [9.17, 15) is 9.59 Å². The van der Waals surface area contributed by atoms with Crippen molar-refractivity contribution in [1.29, 1.82) is 0 Å². The van der Waals surface area contributed by atoms with Crippen LogP contribution < -0.4 is 10.9 Å². The first-order valence-corrected chi connectivity index (χ1v) is 9.85. The number of thioether (sulfide) groups is 1. The SMILES string of the molecule is Cc1c(NC(=O)CSc2ncnc3c2cnn3C)c(=O)n(-c2ccccc2)n1C. The van der Waals surface area contributed by atoms with Crippen LogP contribution in [0, 0.1) is 6.92 Å². The average molecular weight is 409 g/mol. The molecule has 9 nitrogen and oxygen atoms in total. The minimum Gasteiger partial charge on any atom is -0.319 e. The molecule has 0 aliphatic heterocycles. The number of amides is 1. The summed E-state index contributed by atoms with van der Waals surface area (Å²) in [6.07, 6.45) is 3.12. The van der Waals surface area contributed by atoms with Gasteiger partial charge in [0.2, 0.25) is 5.91 Å². The molecule has 0 spiro atoms. The van der Waals surface area contributed by atoms with Gasteiger partial charge in [-0.3, -0.25) is 19.0 Å². The molecule has 0 saturated carbocycles. The Hall–Kier alpha value is -3.40. The number of hydrogen-bond acceptors (Lipinski definition) is 6. The fourth-order valence-electron chi connectivity index (χ4n) is 3.08. The number of aromatic nitrogens is 6. The molecule has 0 atom stereocenters. The van der Waals surface area contributed by atoms with Crippen molar-refractivity contribution < 1.29 is 4.79 Å². The summed E-state index contributed by atoms with van der Waals surface area (Å²) in [5.41, 5.74) is 2.11. The lowest BCUT2D eigenvalue weighted by Gasteiger charge is -2.07. The number of benzene rings is 1. The highest BCUT2D eigenvalue weighted by Crippen LogP contribution is 2.24. The first-order chi connectivity index (χ1) is 14.0. The van der Waals surface area contributed by atoms with E-state index in [1.807, 2.05) is 30.3 Å². The fourth-order valence-corrected chi connectivity index (χ4v) is 3.84. The Morgan fingerprint density at radius 3 is 2.69 bits per heavy atom. The molecule has 1 aromatic carbocycles. The van der Waals surface area contributed by atoms with Gasteiger partial charge in [0.25, 0.3) is 5.56 Å². The van der Waals surface area contributed by atoms with Gasteiger partial charge >= 0.3 is 0 Å². The molecule has 29 heavy (non-hydrogen) atoms. The van der Waals surface area contributed by atoms with E-state index in [-0.39, 0.29) is 22.9 Å². The van der Waals surface area contributed by atoms with Gasteiger partial charge in [-0.05, 0) is 19.1 Å². The number of rotatable bonds is 5. The zero-order valence-corrected chi connectivity index (χ0v) is 17.0. The Labute approximate surface area is 170 Å². The molecular formula is C19H19N7O2S. The number of carbonyl (C=O) groups excluding carboxylic acids is 1. The van der Waals surface area contributed by atoms with E-state index in [1.165, 1.54) is 22.8 Å². The zero-order chi connectivity index (χ0) is 20.5. The third-order valence-electron chi connectivity index (χ3n) is 4.65. The Bertz CT molecular complexity index is 1260. The van der Waals surface area contributed by atoms with Gasteiger partial charge in [-0.25, -0.2) is 14.6 Å². The Morgan fingerprint density at radius 1 is 1.17 bits per heavy atom. The second kappa shape index (κ2) is 7.55. The van der Waals surface area contributed by atoms with Gasteiger partial charge in [0.05, 0.1) is 28.7 Å². The maximum atomic E-state index is 12.9. The molecule has 0 radical (unpaired) electrons. The van der Waals surface area contributed by atoms with Crippen LogP contribution in [-0.2, 0) is 18.9 Å². The van der Waals surface area contributed by atoms with Crippen LogP contribution in [0.4, 0.5) is 5.69 Å². The predicted molar refractivity (Wildman–Crippen MR) is 111 cm³/mol. The van der Waals surface area contributed by atoms with Crippen LogP contribution in [0.1, 0.15) is 5.69 Å². The molecule has 3 heterocycles. The van der Waals surface area contributed by atoms with Crippen molar-refractivity contribution in [3.05, 3.63) is 58.9 Å². The molecule has 0 saturated heterocycles. The van der Waals surface area contributed by atoms with E-state index < -0.39 is 0 Å². The van der Waals surface area contributed by atoms with Gasteiger partial charge in [0, 0.05) is 14.1 Å². The molecule has 0 bridgehead atoms. The van der Waals surface area contributed by atoms with E-state index in [0.29, 0.717) is 16.4 Å². The third-order valence-corrected chi connectivity index (χ3v) is 5.66. The van der Waals surface area contributed by atoms with Gasteiger partial charge in [0.15, 0.2) is 5.65 Å². The fraction of sp³-hybridized carbons (Fsp3) is 0.211. The summed E-state index contributed by atoms with van der Waals surface area (Å²) < 4.78 is 4.91. The van der Waals surface area contributed by atoms with Crippen LogP contribution in [-0.4, -0.2) is 40.8 Å². The summed E-state index contributed by atoms with van der Waals surface area (Å²) in [6.45, 7) is 1.80. The van der Waals surface area contributed by atoms with Crippen LogP contribution in [0.5, 0.6) is 0 Å². The first-order valence-electron chi connectivity index (χ1n) is 8.86. The van der Waals surface area contributed by atoms with Crippen LogP contribution in [0.2, 0.25) is 0 Å². The number of para-hydroxylation sites is 1. The smallest absolute Gasteiger partial charge is 0.295 e. The molecule has 0 aliphatic rings. The number of nitrogens with zero attached hydrogens (tertiary/aromatic N) is 6. The van der Waals surface area contributed by atoms with Crippen LogP contribution in [0.15, 0.2) is 52.7 Å². The summed E-state index contributed by atoms with van der Waals surface area (Å²) in [5, 5.41) is 8.38. The molecule has 4 rings (SSSR count). The first kappa shape index (κ1) is 18.9. The number of hydrogen-bond donors (Lipinski definition) is 1. The number of nitrogens with one attached hydrogen (secondary N) is 1. The van der Waals surface area contributed by atoms with Crippen LogP contribution >= 0.6 is 11.8 Å². The highest BCUT2D eigenvalue weighted by Gasteiger charge is 2.18. The monoisotopic (exact) mass is 409 g/mol. The molecule has 3 aromatic heterocycles. The minimum absolute atomic E-state index is 0.111. The standard InChI is InChI=1S/C19H19N7O2S/c1-12-16(19(28)26(25(12)3)13-7-5-4-6-8-13)23-15(27)10-29-18-14-9-22-24(2)17(14)20-11-21-18/h4-9,11H,10H2,1-3H3,(H,23,27). The number of carbonyl (C=O) groups is 1. The van der Waals surface area contributed by atoms with Crippen molar-refractivity contribution in [2.24, 2.45) is 14.1 Å². The van der Waals surface area contributed by atoms with Gasteiger partial charge in [-0.15, -0.1) is 0 Å².